The lowest BCUT2D eigenvalue weighted by molar-refractivity contribution is -0.174. The molecule has 0 aromatic heterocycles. The molecule has 0 bridgehead atoms. The van der Waals surface area contributed by atoms with Crippen molar-refractivity contribution in [1.29, 1.82) is 0 Å². The van der Waals surface area contributed by atoms with E-state index in [0.29, 0.717) is 23.1 Å². The normalized spacial score (nSPS) is 30.9. The van der Waals surface area contributed by atoms with Crippen molar-refractivity contribution in [2.75, 3.05) is 0 Å². The van der Waals surface area contributed by atoms with Gasteiger partial charge < -0.3 is 14.6 Å². The number of esters is 2. The fraction of sp³-hybridized carbons (Fsp3) is 0.517. The standard InChI is InChI=1S/C29H36O7/c1-17-12-13-22(31)28(5,6)15-14-18(2)26(33)29(36-20(4)30)16-19(3)25(23(29)24(17)32)35-27(34)21-10-8-7-9-11-21/h7-11,14,19,23-25,32H,1,12-13,15-16H2,2-6H3. The molecule has 0 spiro atoms. The Labute approximate surface area is 212 Å². The highest BCUT2D eigenvalue weighted by molar-refractivity contribution is 6.03. The van der Waals surface area contributed by atoms with E-state index in [1.54, 1.807) is 50.3 Å². The summed E-state index contributed by atoms with van der Waals surface area (Å²) in [6.45, 7) is 12.3. The van der Waals surface area contributed by atoms with Gasteiger partial charge in [-0.1, -0.05) is 51.6 Å². The van der Waals surface area contributed by atoms with E-state index in [1.807, 2.05) is 13.8 Å². The minimum atomic E-state index is -1.75. The molecule has 7 nitrogen and oxygen atoms in total. The third-order valence-corrected chi connectivity index (χ3v) is 7.50. The Morgan fingerprint density at radius 2 is 1.75 bits per heavy atom. The van der Waals surface area contributed by atoms with Crippen LogP contribution in [0, 0.1) is 17.3 Å². The molecule has 0 saturated heterocycles. The van der Waals surface area contributed by atoms with Gasteiger partial charge in [0.2, 0.25) is 5.78 Å². The Balaban J connectivity index is 2.14. The van der Waals surface area contributed by atoms with Crippen LogP contribution in [0.25, 0.3) is 0 Å². The van der Waals surface area contributed by atoms with Gasteiger partial charge in [-0.25, -0.2) is 4.79 Å². The SMILES string of the molecule is C=C1CCC(=O)C(C)(C)CC=C(C)C(=O)C2(OC(C)=O)CC(C)C(OC(=O)c3ccccc3)C2C1O. The van der Waals surface area contributed by atoms with E-state index >= 15 is 0 Å². The van der Waals surface area contributed by atoms with E-state index < -0.39 is 52.8 Å². The second kappa shape index (κ2) is 10.5. The van der Waals surface area contributed by atoms with Crippen LogP contribution in [0.3, 0.4) is 0 Å². The van der Waals surface area contributed by atoms with E-state index in [2.05, 4.69) is 6.58 Å². The second-order valence-electron chi connectivity index (χ2n) is 10.8. The maximum atomic E-state index is 14.0. The molecule has 1 N–H and O–H groups in total. The molecular weight excluding hydrogens is 460 g/mol. The van der Waals surface area contributed by atoms with Gasteiger partial charge >= 0.3 is 11.9 Å². The molecule has 0 heterocycles. The molecular formula is C29H36O7. The van der Waals surface area contributed by atoms with Crippen molar-refractivity contribution in [2.24, 2.45) is 17.3 Å². The van der Waals surface area contributed by atoms with Gasteiger partial charge in [-0.05, 0) is 49.0 Å². The molecule has 2 aliphatic carbocycles. The highest BCUT2D eigenvalue weighted by atomic mass is 16.6. The van der Waals surface area contributed by atoms with Gasteiger partial charge in [0.05, 0.1) is 17.6 Å². The Kier molecular flexibility index (Phi) is 8.04. The molecule has 1 fully saturated rings. The van der Waals surface area contributed by atoms with Crippen LogP contribution in [0.15, 0.2) is 54.1 Å². The summed E-state index contributed by atoms with van der Waals surface area (Å²) in [5.41, 5.74) is -1.49. The Bertz CT molecular complexity index is 1080. The number of hydrogen-bond donors (Lipinski definition) is 1. The molecule has 36 heavy (non-hydrogen) atoms. The van der Waals surface area contributed by atoms with Crippen molar-refractivity contribution in [3.63, 3.8) is 0 Å². The van der Waals surface area contributed by atoms with Crippen molar-refractivity contribution >= 4 is 23.5 Å². The van der Waals surface area contributed by atoms with Gasteiger partial charge in [0.15, 0.2) is 5.60 Å². The molecule has 0 amide bonds. The summed E-state index contributed by atoms with van der Waals surface area (Å²) in [5.74, 6) is -3.26. The quantitative estimate of drug-likeness (QED) is 0.489. The number of carbonyl (C=O) groups excluding carboxylic acids is 4. The minimum Gasteiger partial charge on any atom is -0.458 e. The van der Waals surface area contributed by atoms with Crippen LogP contribution in [0.4, 0.5) is 0 Å². The van der Waals surface area contributed by atoms with E-state index in [1.165, 1.54) is 6.92 Å². The van der Waals surface area contributed by atoms with Crippen molar-refractivity contribution in [1.82, 2.24) is 0 Å². The van der Waals surface area contributed by atoms with E-state index in [9.17, 15) is 24.3 Å². The first kappa shape index (κ1) is 27.5. The fourth-order valence-electron chi connectivity index (χ4n) is 5.36. The number of ketones is 2. The number of Topliss-reactive ketones (excluding diaryl/α,β-unsaturated/α-hetero) is 2. The molecule has 3 rings (SSSR count). The Morgan fingerprint density at radius 3 is 2.36 bits per heavy atom. The summed E-state index contributed by atoms with van der Waals surface area (Å²) in [4.78, 5) is 52.2. The molecule has 5 atom stereocenters. The van der Waals surface area contributed by atoms with Gasteiger partial charge in [-0.2, -0.15) is 0 Å². The Morgan fingerprint density at radius 1 is 1.11 bits per heavy atom. The third-order valence-electron chi connectivity index (χ3n) is 7.50. The molecule has 2 aliphatic rings. The first-order valence-electron chi connectivity index (χ1n) is 12.4. The minimum absolute atomic E-state index is 0.00832. The van der Waals surface area contributed by atoms with Crippen molar-refractivity contribution in [2.45, 2.75) is 78.1 Å². The summed E-state index contributed by atoms with van der Waals surface area (Å²) < 4.78 is 11.7. The van der Waals surface area contributed by atoms with Crippen molar-refractivity contribution in [3.05, 3.63) is 59.7 Å². The van der Waals surface area contributed by atoms with Gasteiger partial charge in [0.1, 0.15) is 11.9 Å². The van der Waals surface area contributed by atoms with Crippen LogP contribution in [-0.2, 0) is 23.9 Å². The molecule has 1 aromatic carbocycles. The molecule has 7 heteroatoms. The first-order valence-corrected chi connectivity index (χ1v) is 12.4. The summed E-state index contributed by atoms with van der Waals surface area (Å²) in [5, 5.41) is 11.5. The lowest BCUT2D eigenvalue weighted by Crippen LogP contribution is -2.54. The summed E-state index contributed by atoms with van der Waals surface area (Å²) in [6, 6.07) is 8.42. The maximum Gasteiger partial charge on any atom is 0.338 e. The monoisotopic (exact) mass is 496 g/mol. The number of hydrogen-bond acceptors (Lipinski definition) is 7. The van der Waals surface area contributed by atoms with E-state index in [0.717, 1.165) is 0 Å². The summed E-state index contributed by atoms with van der Waals surface area (Å²) in [7, 11) is 0. The van der Waals surface area contributed by atoms with Gasteiger partial charge in [0, 0.05) is 25.2 Å². The number of fused-ring (bicyclic) bond motifs is 1. The lowest BCUT2D eigenvalue weighted by Gasteiger charge is -2.39. The van der Waals surface area contributed by atoms with Gasteiger partial charge in [-0.3, -0.25) is 14.4 Å². The fourth-order valence-corrected chi connectivity index (χ4v) is 5.36. The number of aliphatic hydroxyl groups is 1. The van der Waals surface area contributed by atoms with E-state index in [4.69, 9.17) is 9.47 Å². The molecule has 0 radical (unpaired) electrons. The lowest BCUT2D eigenvalue weighted by atomic mass is 9.74. The number of ether oxygens (including phenoxy) is 2. The summed E-state index contributed by atoms with van der Waals surface area (Å²) in [6.07, 6.45) is 0.175. The topological polar surface area (TPSA) is 107 Å². The van der Waals surface area contributed by atoms with E-state index in [-0.39, 0.29) is 25.0 Å². The smallest absolute Gasteiger partial charge is 0.338 e. The molecule has 5 unspecified atom stereocenters. The molecule has 1 aromatic rings. The molecule has 0 aliphatic heterocycles. The van der Waals surface area contributed by atoms with Crippen LogP contribution in [0.2, 0.25) is 0 Å². The second-order valence-corrected chi connectivity index (χ2v) is 10.8. The largest absolute Gasteiger partial charge is 0.458 e. The zero-order valence-corrected chi connectivity index (χ0v) is 21.7. The number of rotatable bonds is 3. The number of allylic oxidation sites excluding steroid dienone is 1. The van der Waals surface area contributed by atoms with Crippen molar-refractivity contribution in [3.8, 4) is 0 Å². The van der Waals surface area contributed by atoms with Crippen LogP contribution >= 0.6 is 0 Å². The predicted molar refractivity (Wildman–Crippen MR) is 134 cm³/mol. The van der Waals surface area contributed by atoms with Crippen LogP contribution < -0.4 is 0 Å². The molecule has 194 valence electrons. The Hall–Kier alpha value is -3.06. The third kappa shape index (κ3) is 5.36. The maximum absolute atomic E-state index is 14.0. The summed E-state index contributed by atoms with van der Waals surface area (Å²) >= 11 is 0. The van der Waals surface area contributed by atoms with Gasteiger partial charge in [-0.15, -0.1) is 0 Å². The highest BCUT2D eigenvalue weighted by Gasteiger charge is 2.63. The zero-order valence-electron chi connectivity index (χ0n) is 21.7. The molecule has 1 saturated carbocycles. The average molecular weight is 497 g/mol. The predicted octanol–water partition coefficient (Wildman–Crippen LogP) is 4.38. The van der Waals surface area contributed by atoms with Crippen molar-refractivity contribution < 1.29 is 33.8 Å². The first-order chi connectivity index (χ1) is 16.8. The van der Waals surface area contributed by atoms with Crippen LogP contribution in [-0.4, -0.2) is 46.4 Å². The van der Waals surface area contributed by atoms with Gasteiger partial charge in [0.25, 0.3) is 0 Å². The number of aliphatic hydroxyl groups excluding tert-OH is 1. The van der Waals surface area contributed by atoms with Crippen LogP contribution in [0.5, 0.6) is 0 Å². The zero-order chi connectivity index (χ0) is 26.8. The number of benzene rings is 1. The highest BCUT2D eigenvalue weighted by Crippen LogP contribution is 2.49. The average Bonchev–Trinajstić information content (AvgIpc) is 3.10. The van der Waals surface area contributed by atoms with Crippen LogP contribution in [0.1, 0.15) is 70.7 Å². The number of carbonyl (C=O) groups is 4.